The number of nitrogens with zero attached hydrogens (tertiary/aromatic N) is 1. The number of aryl methyl sites for hydroxylation is 1. The second-order valence-corrected chi connectivity index (χ2v) is 10.8. The van der Waals surface area contributed by atoms with E-state index in [0.29, 0.717) is 12.1 Å². The van der Waals surface area contributed by atoms with Crippen molar-refractivity contribution < 1.29 is 13.2 Å². The summed E-state index contributed by atoms with van der Waals surface area (Å²) in [4.78, 5) is 12.4. The van der Waals surface area contributed by atoms with Gasteiger partial charge in [-0.1, -0.05) is 62.7 Å². The van der Waals surface area contributed by atoms with Crippen LogP contribution in [0.4, 0.5) is 5.69 Å². The summed E-state index contributed by atoms with van der Waals surface area (Å²) in [5, 5.41) is 3.01. The molecule has 0 saturated heterocycles. The molecule has 6 heteroatoms. The lowest BCUT2D eigenvalue weighted by Gasteiger charge is -2.23. The number of anilines is 1. The van der Waals surface area contributed by atoms with Crippen molar-refractivity contribution in [3.8, 4) is 0 Å². The number of nitrogens with one attached hydrogen (secondary N) is 1. The standard InChI is InChI=1S/C24H34N2O3S/c1-18-9-15-22(16-10-18)26(30(6,28)29)17-7-8-23(27)25-19(2)20-11-13-21(14-12-20)24(3,4)5/h9-16,19H,7-8,17H2,1-6H3,(H,25,27)/t19-/m1/s1. The van der Waals surface area contributed by atoms with Crippen molar-refractivity contribution in [3.63, 3.8) is 0 Å². The molecule has 0 heterocycles. The third-order valence-corrected chi connectivity index (χ3v) is 6.34. The molecule has 0 aliphatic rings. The highest BCUT2D eigenvalue weighted by atomic mass is 32.2. The molecule has 2 rings (SSSR count). The zero-order valence-corrected chi connectivity index (χ0v) is 19.7. The third kappa shape index (κ3) is 6.87. The molecule has 0 aliphatic heterocycles. The van der Waals surface area contributed by atoms with E-state index in [4.69, 9.17) is 0 Å². The van der Waals surface area contributed by atoms with Gasteiger partial charge in [-0.15, -0.1) is 0 Å². The van der Waals surface area contributed by atoms with Crippen molar-refractivity contribution in [2.24, 2.45) is 0 Å². The molecular weight excluding hydrogens is 396 g/mol. The van der Waals surface area contributed by atoms with E-state index in [1.165, 1.54) is 16.1 Å². The molecule has 0 unspecified atom stereocenters. The van der Waals surface area contributed by atoms with Crippen molar-refractivity contribution in [2.45, 2.75) is 58.9 Å². The Bertz CT molecular complexity index is 943. The second kappa shape index (κ2) is 9.65. The fourth-order valence-electron chi connectivity index (χ4n) is 3.25. The van der Waals surface area contributed by atoms with Crippen LogP contribution in [-0.2, 0) is 20.2 Å². The first-order chi connectivity index (χ1) is 13.9. The predicted octanol–water partition coefficient (Wildman–Crippen LogP) is 4.72. The Kier molecular flexibility index (Phi) is 7.70. The van der Waals surface area contributed by atoms with Crippen LogP contribution in [0.15, 0.2) is 48.5 Å². The third-order valence-electron chi connectivity index (χ3n) is 5.14. The average molecular weight is 431 g/mol. The number of carbonyl (C=O) groups is 1. The van der Waals surface area contributed by atoms with Crippen LogP contribution < -0.4 is 9.62 Å². The highest BCUT2D eigenvalue weighted by Crippen LogP contribution is 2.24. The molecule has 0 radical (unpaired) electrons. The molecule has 2 aromatic rings. The quantitative estimate of drug-likeness (QED) is 0.659. The Morgan fingerprint density at radius 3 is 2.10 bits per heavy atom. The molecule has 1 N–H and O–H groups in total. The Balaban J connectivity index is 1.92. The number of benzene rings is 2. The van der Waals surface area contributed by atoms with E-state index < -0.39 is 10.0 Å². The zero-order valence-electron chi connectivity index (χ0n) is 18.9. The normalized spacial score (nSPS) is 13.0. The fourth-order valence-corrected chi connectivity index (χ4v) is 4.21. The Labute approximate surface area is 181 Å². The van der Waals surface area contributed by atoms with Gasteiger partial charge >= 0.3 is 0 Å². The van der Waals surface area contributed by atoms with Crippen LogP contribution in [0.5, 0.6) is 0 Å². The summed E-state index contributed by atoms with van der Waals surface area (Å²) in [6.45, 7) is 10.7. The molecule has 0 saturated carbocycles. The highest BCUT2D eigenvalue weighted by molar-refractivity contribution is 7.92. The number of amides is 1. The molecule has 5 nitrogen and oxygen atoms in total. The maximum atomic E-state index is 12.4. The summed E-state index contributed by atoms with van der Waals surface area (Å²) in [5.74, 6) is -0.0836. The number of hydrogen-bond acceptors (Lipinski definition) is 3. The molecule has 0 spiro atoms. The Morgan fingerprint density at radius 2 is 1.60 bits per heavy atom. The van der Waals surface area contributed by atoms with Gasteiger partial charge in [0.15, 0.2) is 0 Å². The molecule has 1 amide bonds. The van der Waals surface area contributed by atoms with Crippen molar-refractivity contribution in [1.82, 2.24) is 5.32 Å². The summed E-state index contributed by atoms with van der Waals surface area (Å²) >= 11 is 0. The van der Waals surface area contributed by atoms with Crippen LogP contribution in [0, 0.1) is 6.92 Å². The van der Waals surface area contributed by atoms with Crippen LogP contribution in [0.3, 0.4) is 0 Å². The number of rotatable bonds is 8. The van der Waals surface area contributed by atoms with E-state index in [-0.39, 0.29) is 30.3 Å². The maximum Gasteiger partial charge on any atom is 0.232 e. The minimum atomic E-state index is -3.41. The SMILES string of the molecule is Cc1ccc(N(CCCC(=O)N[C@H](C)c2ccc(C(C)(C)C)cc2)S(C)(=O)=O)cc1. The average Bonchev–Trinajstić information content (AvgIpc) is 2.64. The van der Waals surface area contributed by atoms with Crippen LogP contribution >= 0.6 is 0 Å². The van der Waals surface area contributed by atoms with Gasteiger partial charge in [-0.2, -0.15) is 0 Å². The lowest BCUT2D eigenvalue weighted by molar-refractivity contribution is -0.121. The number of sulfonamides is 1. The Morgan fingerprint density at radius 1 is 1.03 bits per heavy atom. The molecule has 0 bridgehead atoms. The largest absolute Gasteiger partial charge is 0.350 e. The van der Waals surface area contributed by atoms with Crippen molar-refractivity contribution in [3.05, 3.63) is 65.2 Å². The van der Waals surface area contributed by atoms with Crippen molar-refractivity contribution in [1.29, 1.82) is 0 Å². The summed E-state index contributed by atoms with van der Waals surface area (Å²) < 4.78 is 25.7. The molecule has 164 valence electrons. The van der Waals surface area contributed by atoms with E-state index in [9.17, 15) is 13.2 Å². The topological polar surface area (TPSA) is 66.5 Å². The lowest BCUT2D eigenvalue weighted by Crippen LogP contribution is -2.32. The molecule has 2 aromatic carbocycles. The first-order valence-corrected chi connectivity index (χ1v) is 12.2. The van der Waals surface area contributed by atoms with E-state index >= 15 is 0 Å². The van der Waals surface area contributed by atoms with Gasteiger partial charge in [0.25, 0.3) is 0 Å². The van der Waals surface area contributed by atoms with Crippen LogP contribution in [0.25, 0.3) is 0 Å². The zero-order chi connectivity index (χ0) is 22.5. The van der Waals surface area contributed by atoms with Gasteiger partial charge in [0.2, 0.25) is 15.9 Å². The van der Waals surface area contributed by atoms with Gasteiger partial charge in [0, 0.05) is 13.0 Å². The minimum absolute atomic E-state index is 0.0836. The van der Waals surface area contributed by atoms with E-state index in [2.05, 4.69) is 38.2 Å². The van der Waals surface area contributed by atoms with E-state index in [1.54, 1.807) is 12.1 Å². The number of carbonyl (C=O) groups excluding carboxylic acids is 1. The molecule has 0 aromatic heterocycles. The minimum Gasteiger partial charge on any atom is -0.350 e. The predicted molar refractivity (Wildman–Crippen MR) is 124 cm³/mol. The summed E-state index contributed by atoms with van der Waals surface area (Å²) in [6, 6.07) is 15.5. The molecule has 0 fully saturated rings. The summed E-state index contributed by atoms with van der Waals surface area (Å²) in [6.07, 6.45) is 1.90. The van der Waals surface area contributed by atoms with E-state index in [1.807, 2.05) is 38.1 Å². The van der Waals surface area contributed by atoms with Crippen LogP contribution in [0.2, 0.25) is 0 Å². The summed E-state index contributed by atoms with van der Waals surface area (Å²) in [7, 11) is -3.41. The van der Waals surface area contributed by atoms with Crippen LogP contribution in [0.1, 0.15) is 63.3 Å². The van der Waals surface area contributed by atoms with Crippen molar-refractivity contribution in [2.75, 3.05) is 17.1 Å². The molecular formula is C24H34N2O3S. The van der Waals surface area contributed by atoms with Crippen LogP contribution in [-0.4, -0.2) is 27.1 Å². The number of hydrogen-bond donors (Lipinski definition) is 1. The smallest absolute Gasteiger partial charge is 0.232 e. The highest BCUT2D eigenvalue weighted by Gasteiger charge is 2.18. The fraction of sp³-hybridized carbons (Fsp3) is 0.458. The van der Waals surface area contributed by atoms with Gasteiger partial charge in [0.1, 0.15) is 0 Å². The lowest BCUT2D eigenvalue weighted by atomic mass is 9.86. The first kappa shape index (κ1) is 23.9. The van der Waals surface area contributed by atoms with Crippen molar-refractivity contribution >= 4 is 21.6 Å². The molecule has 0 aliphatic carbocycles. The monoisotopic (exact) mass is 430 g/mol. The molecule has 30 heavy (non-hydrogen) atoms. The van der Waals surface area contributed by atoms with Gasteiger partial charge in [-0.3, -0.25) is 9.10 Å². The van der Waals surface area contributed by atoms with Gasteiger partial charge in [0.05, 0.1) is 18.0 Å². The molecule has 1 atom stereocenters. The summed E-state index contributed by atoms with van der Waals surface area (Å²) in [5.41, 5.74) is 4.08. The van der Waals surface area contributed by atoms with E-state index in [0.717, 1.165) is 11.1 Å². The van der Waals surface area contributed by atoms with Gasteiger partial charge in [-0.25, -0.2) is 8.42 Å². The Hall–Kier alpha value is -2.34. The van der Waals surface area contributed by atoms with Gasteiger partial charge < -0.3 is 5.32 Å². The second-order valence-electron chi connectivity index (χ2n) is 8.94. The maximum absolute atomic E-state index is 12.4. The first-order valence-electron chi connectivity index (χ1n) is 10.3. The van der Waals surface area contributed by atoms with Gasteiger partial charge in [-0.05, 0) is 48.9 Å².